The van der Waals surface area contributed by atoms with Gasteiger partial charge in [0.05, 0.1) is 0 Å². The monoisotopic (exact) mass is 247 g/mol. The van der Waals surface area contributed by atoms with Crippen LogP contribution in [0.25, 0.3) is 0 Å². The van der Waals surface area contributed by atoms with Gasteiger partial charge in [-0.1, -0.05) is 38.8 Å². The number of rotatable bonds is 1. The van der Waals surface area contributed by atoms with E-state index in [1.807, 2.05) is 19.1 Å². The molecule has 2 nitrogen and oxygen atoms in total. The molecule has 0 heterocycles. The molecule has 1 aromatic rings. The van der Waals surface area contributed by atoms with Crippen molar-refractivity contribution >= 4 is 32.7 Å². The molecule has 0 aliphatic carbocycles. The third-order valence-electron chi connectivity index (χ3n) is 1.50. The molecule has 1 N–H and O–H groups in total. The smallest absolute Gasteiger partial charge is 0.175 e. The summed E-state index contributed by atoms with van der Waals surface area (Å²) < 4.78 is 0.978. The van der Waals surface area contributed by atoms with Gasteiger partial charge in [-0.15, -0.1) is 0 Å². The molecular weight excluding hydrogens is 241 g/mol. The molecule has 0 atom stereocenters. The van der Waals surface area contributed by atoms with Gasteiger partial charge in [-0.3, -0.25) is 0 Å². The lowest BCUT2D eigenvalue weighted by molar-refractivity contribution is 0.321. The maximum atomic E-state index is 8.43. The molecule has 4 heteroatoms. The molecule has 0 aromatic heterocycles. The van der Waals surface area contributed by atoms with E-state index in [-0.39, 0.29) is 5.17 Å². The molecule has 0 fully saturated rings. The fourth-order valence-corrected chi connectivity index (χ4v) is 1.60. The van der Waals surface area contributed by atoms with E-state index in [0.717, 1.165) is 15.6 Å². The number of hydrogen-bond acceptors (Lipinski definition) is 2. The summed E-state index contributed by atoms with van der Waals surface area (Å²) in [5.41, 5.74) is 1.70. The van der Waals surface area contributed by atoms with E-state index in [2.05, 4.69) is 21.1 Å². The van der Waals surface area contributed by atoms with Gasteiger partial charge in [0.2, 0.25) is 0 Å². The maximum absolute atomic E-state index is 8.43. The van der Waals surface area contributed by atoms with Crippen LogP contribution in [0.15, 0.2) is 27.8 Å². The Labute approximate surface area is 84.0 Å². The molecule has 0 unspecified atom stereocenters. The Morgan fingerprint density at radius 1 is 1.58 bits per heavy atom. The standard InChI is InChI=1S/C8H7BrClNO/c1-5-4-6(9)2-3-7(5)8(10)11-12/h2-4,12H,1H3/b11-8-. The largest absolute Gasteiger partial charge is 0.410 e. The second-order valence-electron chi connectivity index (χ2n) is 2.35. The van der Waals surface area contributed by atoms with Gasteiger partial charge < -0.3 is 5.21 Å². The molecule has 1 rings (SSSR count). The van der Waals surface area contributed by atoms with Crippen molar-refractivity contribution in [3.63, 3.8) is 0 Å². The van der Waals surface area contributed by atoms with Gasteiger partial charge in [0.1, 0.15) is 0 Å². The first-order valence-electron chi connectivity index (χ1n) is 3.29. The molecule has 0 aliphatic heterocycles. The topological polar surface area (TPSA) is 32.6 Å². The molecule has 0 aliphatic rings. The Kier molecular flexibility index (Phi) is 3.12. The minimum absolute atomic E-state index is 0.111. The van der Waals surface area contributed by atoms with Gasteiger partial charge in [-0.2, -0.15) is 0 Å². The second-order valence-corrected chi connectivity index (χ2v) is 3.62. The average molecular weight is 249 g/mol. The summed E-state index contributed by atoms with van der Waals surface area (Å²) >= 11 is 8.95. The highest BCUT2D eigenvalue weighted by Gasteiger charge is 2.03. The summed E-state index contributed by atoms with van der Waals surface area (Å²) in [6, 6.07) is 5.54. The predicted molar refractivity (Wildman–Crippen MR) is 53.1 cm³/mol. The molecule has 0 saturated heterocycles. The Morgan fingerprint density at radius 2 is 2.25 bits per heavy atom. The molecule has 0 bridgehead atoms. The number of nitrogens with zero attached hydrogens (tertiary/aromatic N) is 1. The van der Waals surface area contributed by atoms with Crippen molar-refractivity contribution in [1.82, 2.24) is 0 Å². The van der Waals surface area contributed by atoms with Crippen molar-refractivity contribution in [3.05, 3.63) is 33.8 Å². The molecule has 0 spiro atoms. The number of benzene rings is 1. The summed E-state index contributed by atoms with van der Waals surface area (Å²) in [6.07, 6.45) is 0. The number of hydrogen-bond donors (Lipinski definition) is 1. The van der Waals surface area contributed by atoms with Crippen LogP contribution in [0.5, 0.6) is 0 Å². The van der Waals surface area contributed by atoms with Crippen molar-refractivity contribution in [2.75, 3.05) is 0 Å². The van der Waals surface area contributed by atoms with E-state index in [0.29, 0.717) is 0 Å². The Morgan fingerprint density at radius 3 is 2.75 bits per heavy atom. The normalized spacial score (nSPS) is 11.8. The van der Waals surface area contributed by atoms with E-state index < -0.39 is 0 Å². The minimum atomic E-state index is 0.111. The lowest BCUT2D eigenvalue weighted by Gasteiger charge is -2.01. The van der Waals surface area contributed by atoms with E-state index >= 15 is 0 Å². The third kappa shape index (κ3) is 1.99. The first kappa shape index (κ1) is 9.55. The zero-order valence-electron chi connectivity index (χ0n) is 6.38. The number of oxime groups is 1. The highest BCUT2D eigenvalue weighted by molar-refractivity contribution is 9.10. The zero-order valence-corrected chi connectivity index (χ0v) is 8.72. The lowest BCUT2D eigenvalue weighted by Crippen LogP contribution is -1.94. The van der Waals surface area contributed by atoms with Crippen molar-refractivity contribution < 1.29 is 5.21 Å². The molecular formula is C8H7BrClNO. The number of aryl methyl sites for hydroxylation is 1. The molecule has 0 amide bonds. The van der Waals surface area contributed by atoms with E-state index in [9.17, 15) is 0 Å². The molecule has 64 valence electrons. The Balaban J connectivity index is 3.18. The van der Waals surface area contributed by atoms with Crippen molar-refractivity contribution in [1.29, 1.82) is 0 Å². The molecule has 1 aromatic carbocycles. The van der Waals surface area contributed by atoms with Gasteiger partial charge in [0, 0.05) is 10.0 Å². The van der Waals surface area contributed by atoms with Crippen molar-refractivity contribution in [3.8, 4) is 0 Å². The average Bonchev–Trinajstić information content (AvgIpc) is 2.03. The molecule has 12 heavy (non-hydrogen) atoms. The lowest BCUT2D eigenvalue weighted by atomic mass is 10.1. The van der Waals surface area contributed by atoms with Crippen LogP contribution in [-0.2, 0) is 0 Å². The van der Waals surface area contributed by atoms with E-state index in [1.165, 1.54) is 0 Å². The third-order valence-corrected chi connectivity index (χ3v) is 2.27. The Hall–Kier alpha value is -0.540. The van der Waals surface area contributed by atoms with Crippen LogP contribution in [0.3, 0.4) is 0 Å². The molecule has 0 saturated carbocycles. The highest BCUT2D eigenvalue weighted by Crippen LogP contribution is 2.17. The SMILES string of the molecule is Cc1cc(Br)ccc1/C(Cl)=N/O. The number of halogens is 2. The van der Waals surface area contributed by atoms with Crippen LogP contribution in [0.2, 0.25) is 0 Å². The Bertz CT molecular complexity index is 325. The van der Waals surface area contributed by atoms with Gasteiger partial charge in [-0.05, 0) is 24.6 Å². The van der Waals surface area contributed by atoms with E-state index in [1.54, 1.807) is 6.07 Å². The van der Waals surface area contributed by atoms with Crippen LogP contribution in [-0.4, -0.2) is 10.4 Å². The minimum Gasteiger partial charge on any atom is -0.410 e. The summed E-state index contributed by atoms with van der Waals surface area (Å²) in [7, 11) is 0. The predicted octanol–water partition coefficient (Wildman–Crippen LogP) is 3.13. The first-order chi connectivity index (χ1) is 5.65. The summed E-state index contributed by atoms with van der Waals surface area (Å²) in [5.74, 6) is 0. The van der Waals surface area contributed by atoms with Gasteiger partial charge >= 0.3 is 0 Å². The van der Waals surface area contributed by atoms with Crippen LogP contribution >= 0.6 is 27.5 Å². The highest BCUT2D eigenvalue weighted by atomic mass is 79.9. The van der Waals surface area contributed by atoms with Crippen molar-refractivity contribution in [2.45, 2.75) is 6.92 Å². The first-order valence-corrected chi connectivity index (χ1v) is 4.46. The quantitative estimate of drug-likeness (QED) is 0.462. The fraction of sp³-hybridized carbons (Fsp3) is 0.125. The van der Waals surface area contributed by atoms with Crippen LogP contribution in [0.1, 0.15) is 11.1 Å². The fourth-order valence-electron chi connectivity index (χ4n) is 0.912. The zero-order chi connectivity index (χ0) is 9.14. The van der Waals surface area contributed by atoms with Crippen LogP contribution < -0.4 is 0 Å². The molecule has 0 radical (unpaired) electrons. The summed E-state index contributed by atoms with van der Waals surface area (Å²) in [6.45, 7) is 1.90. The van der Waals surface area contributed by atoms with Crippen LogP contribution in [0, 0.1) is 6.92 Å². The van der Waals surface area contributed by atoms with E-state index in [4.69, 9.17) is 16.8 Å². The summed E-state index contributed by atoms with van der Waals surface area (Å²) in [5, 5.41) is 11.5. The van der Waals surface area contributed by atoms with Crippen molar-refractivity contribution in [2.24, 2.45) is 5.16 Å². The van der Waals surface area contributed by atoms with Gasteiger partial charge in [-0.25, -0.2) is 0 Å². The van der Waals surface area contributed by atoms with Gasteiger partial charge in [0.25, 0.3) is 0 Å². The summed E-state index contributed by atoms with van der Waals surface area (Å²) in [4.78, 5) is 0. The van der Waals surface area contributed by atoms with Gasteiger partial charge in [0.15, 0.2) is 5.17 Å². The van der Waals surface area contributed by atoms with Crippen LogP contribution in [0.4, 0.5) is 0 Å². The maximum Gasteiger partial charge on any atom is 0.175 e. The second kappa shape index (κ2) is 3.92.